The lowest BCUT2D eigenvalue weighted by molar-refractivity contribution is 0.0696. The summed E-state index contributed by atoms with van der Waals surface area (Å²) in [5, 5.41) is 11.9. The molecule has 1 aromatic rings. The van der Waals surface area contributed by atoms with Gasteiger partial charge in [-0.25, -0.2) is 9.59 Å². The molecule has 0 fully saturated rings. The molecule has 0 aliphatic rings. The Bertz CT molecular complexity index is 516. The average molecular weight is 294 g/mol. The number of likely N-dealkylation sites (N-methyl/N-ethyl adjacent to an activating group) is 1. The van der Waals surface area contributed by atoms with Crippen molar-refractivity contribution in [3.8, 4) is 0 Å². The van der Waals surface area contributed by atoms with Crippen molar-refractivity contribution in [2.45, 2.75) is 26.8 Å². The quantitative estimate of drug-likeness (QED) is 0.845. The Balaban J connectivity index is 2.92. The van der Waals surface area contributed by atoms with Gasteiger partial charge in [0.15, 0.2) is 0 Å². The van der Waals surface area contributed by atoms with Gasteiger partial charge in [0.2, 0.25) is 0 Å². The third-order valence-corrected chi connectivity index (χ3v) is 3.35. The number of amides is 2. The van der Waals surface area contributed by atoms with Crippen molar-refractivity contribution in [3.05, 3.63) is 29.3 Å². The highest BCUT2D eigenvalue weighted by Gasteiger charge is 2.19. The fraction of sp³-hybridized carbons (Fsp3) is 0.467. The first kappa shape index (κ1) is 17.0. The second-order valence-electron chi connectivity index (χ2n) is 4.80. The van der Waals surface area contributed by atoms with E-state index in [4.69, 9.17) is 9.84 Å². The molecule has 0 radical (unpaired) electrons. The van der Waals surface area contributed by atoms with E-state index in [1.54, 1.807) is 31.1 Å². The van der Waals surface area contributed by atoms with Gasteiger partial charge in [0.1, 0.15) is 0 Å². The molecule has 0 bridgehead atoms. The van der Waals surface area contributed by atoms with Crippen LogP contribution in [0, 0.1) is 6.92 Å². The van der Waals surface area contributed by atoms with Crippen LogP contribution in [0.2, 0.25) is 0 Å². The number of carbonyl (C=O) groups is 2. The van der Waals surface area contributed by atoms with E-state index in [9.17, 15) is 9.59 Å². The Labute approximate surface area is 124 Å². The van der Waals surface area contributed by atoms with Crippen LogP contribution in [0.1, 0.15) is 29.8 Å². The van der Waals surface area contributed by atoms with Crippen molar-refractivity contribution in [2.24, 2.45) is 0 Å². The standard InChI is InChI=1S/C15H22N2O4/c1-5-17(10(2)9-21-4)15(20)16-13-8-6-7-12(11(13)3)14(18)19/h6-8,10H,5,9H2,1-4H3,(H,16,20)(H,18,19). The summed E-state index contributed by atoms with van der Waals surface area (Å²) in [4.78, 5) is 25.0. The van der Waals surface area contributed by atoms with Crippen molar-refractivity contribution in [1.29, 1.82) is 0 Å². The molecular formula is C15H22N2O4. The van der Waals surface area contributed by atoms with Crippen LogP contribution in [-0.2, 0) is 4.74 Å². The molecule has 0 saturated heterocycles. The molecule has 1 aromatic carbocycles. The summed E-state index contributed by atoms with van der Waals surface area (Å²) in [7, 11) is 1.59. The van der Waals surface area contributed by atoms with Gasteiger partial charge in [-0.1, -0.05) is 6.07 Å². The number of hydrogen-bond donors (Lipinski definition) is 2. The topological polar surface area (TPSA) is 78.9 Å². The zero-order valence-electron chi connectivity index (χ0n) is 12.8. The summed E-state index contributed by atoms with van der Waals surface area (Å²) >= 11 is 0. The molecule has 2 amide bonds. The molecule has 0 aliphatic heterocycles. The molecule has 21 heavy (non-hydrogen) atoms. The van der Waals surface area contributed by atoms with Crippen LogP contribution in [-0.4, -0.2) is 48.3 Å². The minimum absolute atomic E-state index is 0.0667. The van der Waals surface area contributed by atoms with E-state index in [1.807, 2.05) is 13.8 Å². The van der Waals surface area contributed by atoms with Gasteiger partial charge < -0.3 is 20.1 Å². The fourth-order valence-corrected chi connectivity index (χ4v) is 2.18. The highest BCUT2D eigenvalue weighted by atomic mass is 16.5. The molecule has 0 spiro atoms. The number of nitrogens with zero attached hydrogens (tertiary/aromatic N) is 1. The molecule has 0 heterocycles. The minimum atomic E-state index is -1.01. The third-order valence-electron chi connectivity index (χ3n) is 3.35. The smallest absolute Gasteiger partial charge is 0.336 e. The van der Waals surface area contributed by atoms with Crippen molar-refractivity contribution >= 4 is 17.7 Å². The molecule has 0 aromatic heterocycles. The maximum Gasteiger partial charge on any atom is 0.336 e. The molecular weight excluding hydrogens is 272 g/mol. The van der Waals surface area contributed by atoms with Gasteiger partial charge in [-0.15, -0.1) is 0 Å². The van der Waals surface area contributed by atoms with Crippen LogP contribution in [0.25, 0.3) is 0 Å². The van der Waals surface area contributed by atoms with Crippen LogP contribution >= 0.6 is 0 Å². The van der Waals surface area contributed by atoms with Crippen molar-refractivity contribution in [2.75, 3.05) is 25.6 Å². The van der Waals surface area contributed by atoms with Gasteiger partial charge in [0.25, 0.3) is 0 Å². The molecule has 0 saturated carbocycles. The number of methoxy groups -OCH3 is 1. The molecule has 1 unspecified atom stereocenters. The van der Waals surface area contributed by atoms with E-state index in [0.717, 1.165) is 0 Å². The van der Waals surface area contributed by atoms with Crippen LogP contribution in [0.5, 0.6) is 0 Å². The second kappa shape index (κ2) is 7.64. The van der Waals surface area contributed by atoms with Gasteiger partial charge in [0, 0.05) is 19.3 Å². The second-order valence-corrected chi connectivity index (χ2v) is 4.80. The van der Waals surface area contributed by atoms with Crippen LogP contribution in [0.3, 0.4) is 0 Å². The zero-order valence-corrected chi connectivity index (χ0v) is 12.8. The lowest BCUT2D eigenvalue weighted by atomic mass is 10.1. The zero-order chi connectivity index (χ0) is 16.0. The minimum Gasteiger partial charge on any atom is -0.478 e. The van der Waals surface area contributed by atoms with Crippen molar-refractivity contribution in [3.63, 3.8) is 0 Å². The van der Waals surface area contributed by atoms with Crippen LogP contribution in [0.15, 0.2) is 18.2 Å². The predicted molar refractivity (Wildman–Crippen MR) is 80.9 cm³/mol. The number of urea groups is 1. The van der Waals surface area contributed by atoms with E-state index >= 15 is 0 Å². The summed E-state index contributed by atoms with van der Waals surface area (Å²) in [6.07, 6.45) is 0. The number of aromatic carboxylic acids is 1. The Morgan fingerprint density at radius 2 is 2.10 bits per heavy atom. The number of hydrogen-bond acceptors (Lipinski definition) is 3. The normalized spacial score (nSPS) is 11.8. The highest BCUT2D eigenvalue weighted by Crippen LogP contribution is 2.19. The lowest BCUT2D eigenvalue weighted by Gasteiger charge is -2.28. The monoisotopic (exact) mass is 294 g/mol. The van der Waals surface area contributed by atoms with E-state index in [2.05, 4.69) is 5.32 Å². The molecule has 1 rings (SSSR count). The lowest BCUT2D eigenvalue weighted by Crippen LogP contribution is -2.43. The van der Waals surface area contributed by atoms with Gasteiger partial charge in [-0.2, -0.15) is 0 Å². The summed E-state index contributed by atoms with van der Waals surface area (Å²) in [5.41, 5.74) is 1.22. The van der Waals surface area contributed by atoms with E-state index in [0.29, 0.717) is 24.4 Å². The van der Waals surface area contributed by atoms with E-state index < -0.39 is 5.97 Å². The summed E-state index contributed by atoms with van der Waals surface area (Å²) in [5.74, 6) is -1.01. The number of rotatable bonds is 6. The molecule has 1 atom stereocenters. The average Bonchev–Trinajstić information content (AvgIpc) is 2.42. The Morgan fingerprint density at radius 1 is 1.43 bits per heavy atom. The number of anilines is 1. The first-order chi connectivity index (χ1) is 9.92. The SMILES string of the molecule is CCN(C(=O)Nc1cccc(C(=O)O)c1C)C(C)COC. The summed E-state index contributed by atoms with van der Waals surface area (Å²) in [6, 6.07) is 4.48. The molecule has 6 nitrogen and oxygen atoms in total. The Kier molecular flexibility index (Phi) is 6.17. The molecule has 6 heteroatoms. The fourth-order valence-electron chi connectivity index (χ4n) is 2.18. The first-order valence-electron chi connectivity index (χ1n) is 6.81. The molecule has 0 aliphatic carbocycles. The van der Waals surface area contributed by atoms with Gasteiger partial charge >= 0.3 is 12.0 Å². The number of carboxylic acids is 1. The Hall–Kier alpha value is -2.08. The maximum atomic E-state index is 12.3. The first-order valence-corrected chi connectivity index (χ1v) is 6.81. The largest absolute Gasteiger partial charge is 0.478 e. The van der Waals surface area contributed by atoms with E-state index in [1.165, 1.54) is 6.07 Å². The molecule has 116 valence electrons. The Morgan fingerprint density at radius 3 is 2.62 bits per heavy atom. The van der Waals surface area contributed by atoms with Crippen molar-refractivity contribution in [1.82, 2.24) is 4.90 Å². The van der Waals surface area contributed by atoms with Crippen LogP contribution < -0.4 is 5.32 Å². The van der Waals surface area contributed by atoms with Gasteiger partial charge in [-0.05, 0) is 38.5 Å². The van der Waals surface area contributed by atoms with Gasteiger partial charge in [-0.3, -0.25) is 0 Å². The van der Waals surface area contributed by atoms with Gasteiger partial charge in [0.05, 0.1) is 18.2 Å². The number of nitrogens with one attached hydrogen (secondary N) is 1. The molecule has 2 N–H and O–H groups in total. The predicted octanol–water partition coefficient (Wildman–Crippen LogP) is 2.58. The number of ether oxygens (including phenoxy) is 1. The van der Waals surface area contributed by atoms with Crippen LogP contribution in [0.4, 0.5) is 10.5 Å². The third kappa shape index (κ3) is 4.19. The highest BCUT2D eigenvalue weighted by molar-refractivity contribution is 5.95. The summed E-state index contributed by atoms with van der Waals surface area (Å²) in [6.45, 7) is 6.43. The summed E-state index contributed by atoms with van der Waals surface area (Å²) < 4.78 is 5.06. The van der Waals surface area contributed by atoms with E-state index in [-0.39, 0.29) is 17.6 Å². The number of benzene rings is 1. The number of carboxylic acid groups (broad SMARTS) is 1. The van der Waals surface area contributed by atoms with Crippen molar-refractivity contribution < 1.29 is 19.4 Å². The number of carbonyl (C=O) groups excluding carboxylic acids is 1. The maximum absolute atomic E-state index is 12.3.